The van der Waals surface area contributed by atoms with Gasteiger partial charge < -0.3 is 5.32 Å². The number of hydrogen-bond donors (Lipinski definition) is 1. The van der Waals surface area contributed by atoms with Gasteiger partial charge in [0.1, 0.15) is 0 Å². The van der Waals surface area contributed by atoms with E-state index in [-0.39, 0.29) is 6.04 Å². The van der Waals surface area contributed by atoms with Crippen LogP contribution in [0.3, 0.4) is 0 Å². The van der Waals surface area contributed by atoms with Gasteiger partial charge in [0, 0.05) is 15.7 Å². The first-order chi connectivity index (χ1) is 9.60. The van der Waals surface area contributed by atoms with Crippen LogP contribution in [-0.2, 0) is 6.42 Å². The molecular formula is C16H18Cl2N2. The van der Waals surface area contributed by atoms with Gasteiger partial charge in [0.05, 0.1) is 11.7 Å². The average molecular weight is 309 g/mol. The van der Waals surface area contributed by atoms with Crippen LogP contribution < -0.4 is 5.32 Å². The van der Waals surface area contributed by atoms with Crippen molar-refractivity contribution in [2.45, 2.75) is 26.3 Å². The van der Waals surface area contributed by atoms with E-state index in [1.807, 2.05) is 37.3 Å². The summed E-state index contributed by atoms with van der Waals surface area (Å²) in [5, 5.41) is 4.90. The number of nitrogens with one attached hydrogen (secondary N) is 1. The van der Waals surface area contributed by atoms with Crippen molar-refractivity contribution in [2.24, 2.45) is 0 Å². The minimum atomic E-state index is 0.135. The van der Waals surface area contributed by atoms with Gasteiger partial charge in [0.2, 0.25) is 0 Å². The zero-order chi connectivity index (χ0) is 14.5. The zero-order valence-corrected chi connectivity index (χ0v) is 13.2. The molecule has 0 amide bonds. The lowest BCUT2D eigenvalue weighted by Gasteiger charge is -2.18. The van der Waals surface area contributed by atoms with Crippen molar-refractivity contribution in [1.82, 2.24) is 10.3 Å². The van der Waals surface area contributed by atoms with Gasteiger partial charge in [-0.15, -0.1) is 0 Å². The quantitative estimate of drug-likeness (QED) is 0.874. The number of rotatable bonds is 5. The molecule has 106 valence electrons. The molecule has 0 radical (unpaired) electrons. The molecule has 2 aromatic rings. The fourth-order valence-corrected chi connectivity index (χ4v) is 2.59. The van der Waals surface area contributed by atoms with E-state index in [0.29, 0.717) is 5.02 Å². The summed E-state index contributed by atoms with van der Waals surface area (Å²) in [6, 6.07) is 11.8. The molecular weight excluding hydrogens is 291 g/mol. The van der Waals surface area contributed by atoms with Crippen molar-refractivity contribution in [1.29, 1.82) is 0 Å². The largest absolute Gasteiger partial charge is 0.309 e. The summed E-state index contributed by atoms with van der Waals surface area (Å²) < 4.78 is 0. The number of halogens is 2. The van der Waals surface area contributed by atoms with Crippen LogP contribution in [0.25, 0.3) is 0 Å². The van der Waals surface area contributed by atoms with Crippen molar-refractivity contribution in [3.05, 3.63) is 63.4 Å². The molecule has 0 spiro atoms. The van der Waals surface area contributed by atoms with E-state index in [2.05, 4.69) is 17.2 Å². The Morgan fingerprint density at radius 1 is 1.20 bits per heavy atom. The van der Waals surface area contributed by atoms with Crippen molar-refractivity contribution in [2.75, 3.05) is 6.54 Å². The number of likely N-dealkylation sites (N-methyl/N-ethyl adjacent to an activating group) is 1. The number of nitrogens with zero attached hydrogens (tertiary/aromatic N) is 1. The molecule has 1 aromatic carbocycles. The highest BCUT2D eigenvalue weighted by Gasteiger charge is 2.14. The lowest BCUT2D eigenvalue weighted by molar-refractivity contribution is 0.536. The Morgan fingerprint density at radius 3 is 2.70 bits per heavy atom. The van der Waals surface area contributed by atoms with E-state index in [4.69, 9.17) is 23.2 Å². The van der Waals surface area contributed by atoms with Crippen LogP contribution in [0.5, 0.6) is 0 Å². The van der Waals surface area contributed by atoms with Crippen LogP contribution in [-0.4, -0.2) is 11.5 Å². The highest BCUT2D eigenvalue weighted by atomic mass is 35.5. The Balaban J connectivity index is 2.27. The molecule has 0 aliphatic carbocycles. The summed E-state index contributed by atoms with van der Waals surface area (Å²) in [4.78, 5) is 4.60. The average Bonchev–Trinajstić information content (AvgIpc) is 2.42. The number of aromatic nitrogens is 1. The predicted octanol–water partition coefficient (Wildman–Crippen LogP) is 4.59. The van der Waals surface area contributed by atoms with Crippen LogP contribution in [0.15, 0.2) is 36.4 Å². The molecule has 1 N–H and O–H groups in total. The topological polar surface area (TPSA) is 24.9 Å². The molecule has 0 bridgehead atoms. The molecule has 0 aliphatic heterocycles. The highest BCUT2D eigenvalue weighted by molar-refractivity contribution is 6.33. The van der Waals surface area contributed by atoms with Gasteiger partial charge in [-0.2, -0.15) is 0 Å². The molecule has 2 nitrogen and oxygen atoms in total. The molecule has 0 aliphatic rings. The predicted molar refractivity (Wildman–Crippen MR) is 85.6 cm³/mol. The minimum Gasteiger partial charge on any atom is -0.309 e. The summed E-state index contributed by atoms with van der Waals surface area (Å²) >= 11 is 12.3. The summed E-state index contributed by atoms with van der Waals surface area (Å²) in [7, 11) is 0. The van der Waals surface area contributed by atoms with E-state index in [1.165, 1.54) is 0 Å². The lowest BCUT2D eigenvalue weighted by atomic mass is 10.0. The smallest absolute Gasteiger partial charge is 0.0579 e. The number of hydrogen-bond acceptors (Lipinski definition) is 2. The Morgan fingerprint density at radius 2 is 2.00 bits per heavy atom. The molecule has 2 rings (SSSR count). The summed E-state index contributed by atoms with van der Waals surface area (Å²) in [5.41, 5.74) is 3.08. The van der Waals surface area contributed by atoms with Gasteiger partial charge in [-0.1, -0.05) is 36.2 Å². The fourth-order valence-electron chi connectivity index (χ4n) is 2.21. The Bertz CT molecular complexity index is 584. The van der Waals surface area contributed by atoms with Crippen molar-refractivity contribution in [3.63, 3.8) is 0 Å². The third-order valence-corrected chi connectivity index (χ3v) is 3.75. The van der Waals surface area contributed by atoms with Gasteiger partial charge in [-0.3, -0.25) is 4.98 Å². The Kier molecular flexibility index (Phi) is 5.41. The van der Waals surface area contributed by atoms with E-state index in [1.54, 1.807) is 6.07 Å². The summed E-state index contributed by atoms with van der Waals surface area (Å²) in [6.45, 7) is 4.96. The van der Waals surface area contributed by atoms with E-state index < -0.39 is 0 Å². The maximum atomic E-state index is 6.25. The summed E-state index contributed by atoms with van der Waals surface area (Å²) in [5.74, 6) is 0. The van der Waals surface area contributed by atoms with E-state index in [9.17, 15) is 0 Å². The lowest BCUT2D eigenvalue weighted by Crippen LogP contribution is -2.24. The normalized spacial score (nSPS) is 12.4. The third kappa shape index (κ3) is 3.95. The number of pyridine rings is 1. The van der Waals surface area contributed by atoms with Crippen LogP contribution in [0.2, 0.25) is 10.0 Å². The molecule has 0 saturated carbocycles. The van der Waals surface area contributed by atoms with Gasteiger partial charge in [0.25, 0.3) is 0 Å². The SMILES string of the molecule is CCNC(Cc1cc(Cl)ccc1Cl)c1cccc(C)n1. The molecule has 1 atom stereocenters. The molecule has 1 aromatic heterocycles. The maximum absolute atomic E-state index is 6.25. The number of benzene rings is 1. The zero-order valence-electron chi connectivity index (χ0n) is 11.7. The van der Waals surface area contributed by atoms with Crippen LogP contribution in [0, 0.1) is 6.92 Å². The second-order valence-electron chi connectivity index (χ2n) is 4.75. The second kappa shape index (κ2) is 7.07. The van der Waals surface area contributed by atoms with Gasteiger partial charge >= 0.3 is 0 Å². The monoisotopic (exact) mass is 308 g/mol. The first-order valence-corrected chi connectivity index (χ1v) is 7.46. The second-order valence-corrected chi connectivity index (χ2v) is 5.60. The van der Waals surface area contributed by atoms with E-state index in [0.717, 1.165) is 34.9 Å². The summed E-state index contributed by atoms with van der Waals surface area (Å²) in [6.07, 6.45) is 0.768. The maximum Gasteiger partial charge on any atom is 0.0579 e. The molecule has 1 heterocycles. The van der Waals surface area contributed by atoms with Crippen molar-refractivity contribution >= 4 is 23.2 Å². The Hall–Kier alpha value is -1.09. The first kappa shape index (κ1) is 15.3. The first-order valence-electron chi connectivity index (χ1n) is 6.71. The van der Waals surface area contributed by atoms with Crippen molar-refractivity contribution < 1.29 is 0 Å². The molecule has 0 saturated heterocycles. The molecule has 4 heteroatoms. The van der Waals surface area contributed by atoms with Crippen LogP contribution >= 0.6 is 23.2 Å². The standard InChI is InChI=1S/C16H18Cl2N2/c1-3-19-16(15-6-4-5-11(2)20-15)10-12-9-13(17)7-8-14(12)18/h4-9,16,19H,3,10H2,1-2H3. The van der Waals surface area contributed by atoms with Gasteiger partial charge in [-0.05, 0) is 55.8 Å². The van der Waals surface area contributed by atoms with Crippen molar-refractivity contribution in [3.8, 4) is 0 Å². The Labute approximate surface area is 130 Å². The third-order valence-electron chi connectivity index (χ3n) is 3.15. The van der Waals surface area contributed by atoms with Gasteiger partial charge in [-0.25, -0.2) is 0 Å². The highest BCUT2D eigenvalue weighted by Crippen LogP contribution is 2.25. The molecule has 0 fully saturated rings. The van der Waals surface area contributed by atoms with E-state index >= 15 is 0 Å². The van der Waals surface area contributed by atoms with Gasteiger partial charge in [0.15, 0.2) is 0 Å². The molecule has 1 unspecified atom stereocenters. The van der Waals surface area contributed by atoms with Crippen LogP contribution in [0.4, 0.5) is 0 Å². The molecule has 20 heavy (non-hydrogen) atoms. The fraction of sp³-hybridized carbons (Fsp3) is 0.312. The minimum absolute atomic E-state index is 0.135. The van der Waals surface area contributed by atoms with Crippen LogP contribution in [0.1, 0.15) is 29.9 Å². The number of aryl methyl sites for hydroxylation is 1.